The van der Waals surface area contributed by atoms with E-state index in [0.29, 0.717) is 12.1 Å². The van der Waals surface area contributed by atoms with Crippen molar-refractivity contribution in [2.24, 2.45) is 5.92 Å². The van der Waals surface area contributed by atoms with E-state index in [1.54, 1.807) is 7.11 Å². The fourth-order valence-electron chi connectivity index (χ4n) is 3.10. The molecule has 2 heteroatoms. The van der Waals surface area contributed by atoms with Crippen LogP contribution in [0.4, 0.5) is 0 Å². The molecule has 0 amide bonds. The van der Waals surface area contributed by atoms with Crippen LogP contribution < -0.4 is 10.1 Å². The van der Waals surface area contributed by atoms with Crippen LogP contribution in [0.3, 0.4) is 0 Å². The lowest BCUT2D eigenvalue weighted by molar-refractivity contribution is 0.344. The molecule has 1 aromatic rings. The number of para-hydroxylation sites is 1. The molecule has 0 bridgehead atoms. The summed E-state index contributed by atoms with van der Waals surface area (Å²) in [6.07, 6.45) is 5.57. The maximum atomic E-state index is 5.43. The zero-order chi connectivity index (χ0) is 13.0. The Kier molecular flexibility index (Phi) is 4.65. The van der Waals surface area contributed by atoms with Gasteiger partial charge in [0, 0.05) is 17.6 Å². The second-order valence-electron chi connectivity index (χ2n) is 5.46. The largest absolute Gasteiger partial charge is 0.496 e. The van der Waals surface area contributed by atoms with E-state index in [-0.39, 0.29) is 0 Å². The normalized spacial score (nSPS) is 19.7. The summed E-state index contributed by atoms with van der Waals surface area (Å²) in [5.41, 5.74) is 1.25. The Morgan fingerprint density at radius 3 is 2.50 bits per heavy atom. The molecule has 0 radical (unpaired) electrons. The van der Waals surface area contributed by atoms with E-state index in [4.69, 9.17) is 4.74 Å². The minimum Gasteiger partial charge on any atom is -0.496 e. The van der Waals surface area contributed by atoms with Crippen molar-refractivity contribution in [1.82, 2.24) is 5.32 Å². The number of methoxy groups -OCH3 is 1. The van der Waals surface area contributed by atoms with Gasteiger partial charge < -0.3 is 10.1 Å². The van der Waals surface area contributed by atoms with Crippen LogP contribution >= 0.6 is 0 Å². The van der Waals surface area contributed by atoms with Gasteiger partial charge in [0.25, 0.3) is 0 Å². The Balaban J connectivity index is 1.99. The zero-order valence-corrected chi connectivity index (χ0v) is 11.8. The maximum Gasteiger partial charge on any atom is 0.123 e. The van der Waals surface area contributed by atoms with E-state index in [2.05, 4.69) is 31.3 Å². The third-order valence-corrected chi connectivity index (χ3v) is 4.23. The van der Waals surface area contributed by atoms with Gasteiger partial charge in [-0.2, -0.15) is 0 Å². The third kappa shape index (κ3) is 3.05. The quantitative estimate of drug-likeness (QED) is 0.851. The average molecular weight is 247 g/mol. The van der Waals surface area contributed by atoms with Crippen molar-refractivity contribution in [3.8, 4) is 5.75 Å². The summed E-state index contributed by atoms with van der Waals surface area (Å²) in [4.78, 5) is 0. The highest BCUT2D eigenvalue weighted by molar-refractivity contribution is 5.35. The third-order valence-electron chi connectivity index (χ3n) is 4.23. The molecule has 1 saturated carbocycles. The van der Waals surface area contributed by atoms with Crippen molar-refractivity contribution in [2.75, 3.05) is 7.11 Å². The smallest absolute Gasteiger partial charge is 0.123 e. The van der Waals surface area contributed by atoms with Crippen LogP contribution in [0, 0.1) is 5.92 Å². The van der Waals surface area contributed by atoms with Crippen LogP contribution in [-0.2, 0) is 0 Å². The number of nitrogens with one attached hydrogen (secondary N) is 1. The first kappa shape index (κ1) is 13.4. The molecule has 0 saturated heterocycles. The fourth-order valence-corrected chi connectivity index (χ4v) is 3.10. The Morgan fingerprint density at radius 1 is 1.17 bits per heavy atom. The Bertz CT molecular complexity index is 371. The monoisotopic (exact) mass is 247 g/mol. The van der Waals surface area contributed by atoms with E-state index in [9.17, 15) is 0 Å². The Morgan fingerprint density at radius 2 is 1.83 bits per heavy atom. The molecule has 1 aliphatic carbocycles. The predicted octanol–water partition coefficient (Wildman–Crippen LogP) is 3.92. The predicted molar refractivity (Wildman–Crippen MR) is 76.0 cm³/mol. The van der Waals surface area contributed by atoms with Gasteiger partial charge in [-0.05, 0) is 38.7 Å². The lowest BCUT2D eigenvalue weighted by Gasteiger charge is -2.26. The minimum absolute atomic E-state index is 0.344. The van der Waals surface area contributed by atoms with Gasteiger partial charge in [0.1, 0.15) is 5.75 Å². The van der Waals surface area contributed by atoms with Crippen molar-refractivity contribution in [3.05, 3.63) is 29.8 Å². The molecule has 1 N–H and O–H groups in total. The fraction of sp³-hybridized carbons (Fsp3) is 0.625. The van der Waals surface area contributed by atoms with E-state index < -0.39 is 0 Å². The topological polar surface area (TPSA) is 21.3 Å². The summed E-state index contributed by atoms with van der Waals surface area (Å²) >= 11 is 0. The molecular formula is C16H25NO. The van der Waals surface area contributed by atoms with E-state index >= 15 is 0 Å². The number of benzene rings is 1. The number of hydrogen-bond donors (Lipinski definition) is 1. The molecule has 0 spiro atoms. The highest BCUT2D eigenvalue weighted by Crippen LogP contribution is 2.30. The summed E-state index contributed by atoms with van der Waals surface area (Å²) in [5.74, 6) is 1.83. The molecule has 18 heavy (non-hydrogen) atoms. The molecule has 1 unspecified atom stereocenters. The second-order valence-corrected chi connectivity index (χ2v) is 5.46. The Hall–Kier alpha value is -1.02. The highest BCUT2D eigenvalue weighted by atomic mass is 16.5. The molecule has 2 rings (SSSR count). The lowest BCUT2D eigenvalue weighted by atomic mass is 9.97. The van der Waals surface area contributed by atoms with Gasteiger partial charge in [0.15, 0.2) is 0 Å². The summed E-state index contributed by atoms with van der Waals surface area (Å²) in [6, 6.07) is 9.22. The maximum absolute atomic E-state index is 5.43. The minimum atomic E-state index is 0.344. The first-order valence-electron chi connectivity index (χ1n) is 7.11. The van der Waals surface area contributed by atoms with Gasteiger partial charge in [0.2, 0.25) is 0 Å². The van der Waals surface area contributed by atoms with Gasteiger partial charge in [-0.25, -0.2) is 0 Å². The van der Waals surface area contributed by atoms with E-state index in [1.165, 1.54) is 31.2 Å². The second kappa shape index (κ2) is 6.24. The number of hydrogen-bond acceptors (Lipinski definition) is 2. The van der Waals surface area contributed by atoms with Crippen molar-refractivity contribution < 1.29 is 4.74 Å². The molecule has 2 nitrogen and oxygen atoms in total. The van der Waals surface area contributed by atoms with Crippen LogP contribution in [0.5, 0.6) is 5.75 Å². The van der Waals surface area contributed by atoms with Crippen molar-refractivity contribution in [2.45, 2.75) is 51.6 Å². The molecule has 0 heterocycles. The standard InChI is InChI=1S/C16H25NO/c1-12(14-8-4-5-9-14)17-13(2)15-10-6-7-11-16(15)18-3/h6-7,10-14,17H,4-5,8-9H2,1-3H3/t12-,13?/m0/s1. The lowest BCUT2D eigenvalue weighted by Crippen LogP contribution is -2.34. The molecule has 1 aromatic carbocycles. The highest BCUT2D eigenvalue weighted by Gasteiger charge is 2.23. The van der Waals surface area contributed by atoms with Gasteiger partial charge in [-0.15, -0.1) is 0 Å². The Labute approximate surface area is 111 Å². The summed E-state index contributed by atoms with van der Waals surface area (Å²) in [7, 11) is 1.74. The van der Waals surface area contributed by atoms with Gasteiger partial charge >= 0.3 is 0 Å². The van der Waals surface area contributed by atoms with Crippen molar-refractivity contribution >= 4 is 0 Å². The molecule has 100 valence electrons. The van der Waals surface area contributed by atoms with E-state index in [0.717, 1.165) is 11.7 Å². The number of rotatable bonds is 5. The summed E-state index contributed by atoms with van der Waals surface area (Å²) in [5, 5.41) is 3.73. The molecule has 0 aliphatic heterocycles. The molecular weight excluding hydrogens is 222 g/mol. The van der Waals surface area contributed by atoms with Crippen LogP contribution in [0.25, 0.3) is 0 Å². The van der Waals surface area contributed by atoms with Crippen LogP contribution in [0.2, 0.25) is 0 Å². The summed E-state index contributed by atoms with van der Waals surface area (Å²) in [6.45, 7) is 4.55. The zero-order valence-electron chi connectivity index (χ0n) is 11.8. The van der Waals surface area contributed by atoms with Crippen LogP contribution in [-0.4, -0.2) is 13.2 Å². The SMILES string of the molecule is COc1ccccc1C(C)N[C@@H](C)C1CCCC1. The first-order chi connectivity index (χ1) is 8.72. The van der Waals surface area contributed by atoms with E-state index in [1.807, 2.05) is 12.1 Å². The average Bonchev–Trinajstić information content (AvgIpc) is 2.92. The van der Waals surface area contributed by atoms with Gasteiger partial charge in [-0.1, -0.05) is 31.0 Å². The summed E-state index contributed by atoms with van der Waals surface area (Å²) < 4.78 is 5.43. The van der Waals surface area contributed by atoms with Crippen LogP contribution in [0.15, 0.2) is 24.3 Å². The molecule has 2 atom stereocenters. The first-order valence-corrected chi connectivity index (χ1v) is 7.11. The van der Waals surface area contributed by atoms with Crippen LogP contribution in [0.1, 0.15) is 51.1 Å². The van der Waals surface area contributed by atoms with Crippen molar-refractivity contribution in [1.29, 1.82) is 0 Å². The molecule has 1 fully saturated rings. The van der Waals surface area contributed by atoms with Gasteiger partial charge in [0.05, 0.1) is 7.11 Å². The molecule has 1 aliphatic rings. The molecule has 0 aromatic heterocycles. The van der Waals surface area contributed by atoms with Gasteiger partial charge in [-0.3, -0.25) is 0 Å². The van der Waals surface area contributed by atoms with Crippen molar-refractivity contribution in [3.63, 3.8) is 0 Å². The number of ether oxygens (including phenoxy) is 1.